The van der Waals surface area contributed by atoms with E-state index in [1.165, 1.54) is 4.90 Å². The highest BCUT2D eigenvalue weighted by Gasteiger charge is 2.34. The Morgan fingerprint density at radius 3 is 2.35 bits per heavy atom. The number of carbonyl (C=O) groups is 3. The number of amides is 3. The predicted octanol–water partition coefficient (Wildman–Crippen LogP) is 4.02. The fraction of sp³-hybridized carbons (Fsp3) is 0.0833. The number of fused-ring (bicyclic) bond motifs is 2. The number of rotatable bonds is 5. The molecular formula is C24H17N3O3S. The zero-order valence-electron chi connectivity index (χ0n) is 16.4. The molecule has 4 aromatic rings. The smallest absolute Gasteiger partial charge is 0.261 e. The summed E-state index contributed by atoms with van der Waals surface area (Å²) in [5, 5.41) is 3.72. The minimum atomic E-state index is -0.314. The Kier molecular flexibility index (Phi) is 4.80. The molecule has 6 nitrogen and oxygen atoms in total. The SMILES string of the molecule is O=C(NCc1nc2ccccc2s1)c1cccc(CN2C(=O)c3ccccc3C2=O)c1. The highest BCUT2D eigenvalue weighted by molar-refractivity contribution is 7.18. The number of benzene rings is 3. The second-order valence-corrected chi connectivity index (χ2v) is 8.32. The fourth-order valence-electron chi connectivity index (χ4n) is 3.63. The van der Waals surface area contributed by atoms with Crippen LogP contribution in [0.2, 0.25) is 0 Å². The molecule has 0 saturated heterocycles. The van der Waals surface area contributed by atoms with Gasteiger partial charge in [-0.15, -0.1) is 11.3 Å². The van der Waals surface area contributed by atoms with Crippen LogP contribution in [0.4, 0.5) is 0 Å². The number of aromatic nitrogens is 1. The Labute approximate surface area is 182 Å². The van der Waals surface area contributed by atoms with E-state index in [0.29, 0.717) is 28.8 Å². The highest BCUT2D eigenvalue weighted by atomic mass is 32.1. The van der Waals surface area contributed by atoms with Crippen molar-refractivity contribution in [2.45, 2.75) is 13.1 Å². The summed E-state index contributed by atoms with van der Waals surface area (Å²) in [4.78, 5) is 43.5. The summed E-state index contributed by atoms with van der Waals surface area (Å²) in [6.45, 7) is 0.451. The molecule has 31 heavy (non-hydrogen) atoms. The zero-order chi connectivity index (χ0) is 21.4. The van der Waals surface area contributed by atoms with Crippen molar-refractivity contribution in [3.05, 3.63) is 100 Å². The van der Waals surface area contributed by atoms with Crippen molar-refractivity contribution in [2.75, 3.05) is 0 Å². The first kappa shape index (κ1) is 19.1. The molecule has 0 unspecified atom stereocenters. The van der Waals surface area contributed by atoms with Crippen LogP contribution in [0.25, 0.3) is 10.2 Å². The Morgan fingerprint density at radius 2 is 1.61 bits per heavy atom. The van der Waals surface area contributed by atoms with E-state index in [1.54, 1.807) is 59.9 Å². The summed E-state index contributed by atoms with van der Waals surface area (Å²) in [5.74, 6) is -0.860. The van der Waals surface area contributed by atoms with Crippen LogP contribution < -0.4 is 5.32 Å². The Morgan fingerprint density at radius 1 is 0.903 bits per heavy atom. The Hall–Kier alpha value is -3.84. The van der Waals surface area contributed by atoms with Crippen LogP contribution in [0.3, 0.4) is 0 Å². The van der Waals surface area contributed by atoms with Crippen LogP contribution in [0.1, 0.15) is 41.6 Å². The number of carbonyl (C=O) groups excluding carboxylic acids is 3. The molecule has 152 valence electrons. The van der Waals surface area contributed by atoms with Gasteiger partial charge in [0.15, 0.2) is 0 Å². The Balaban J connectivity index is 1.28. The quantitative estimate of drug-likeness (QED) is 0.488. The van der Waals surface area contributed by atoms with Crippen LogP contribution in [-0.2, 0) is 13.1 Å². The van der Waals surface area contributed by atoms with Crippen LogP contribution in [0.15, 0.2) is 72.8 Å². The lowest BCUT2D eigenvalue weighted by Gasteiger charge is -2.14. The fourth-order valence-corrected chi connectivity index (χ4v) is 4.54. The third-order valence-electron chi connectivity index (χ3n) is 5.15. The average molecular weight is 427 g/mol. The lowest BCUT2D eigenvalue weighted by Crippen LogP contribution is -2.29. The monoisotopic (exact) mass is 427 g/mol. The van der Waals surface area contributed by atoms with Gasteiger partial charge in [0.2, 0.25) is 0 Å². The molecule has 0 spiro atoms. The first-order valence-corrected chi connectivity index (χ1v) is 10.6. The van der Waals surface area contributed by atoms with E-state index in [9.17, 15) is 14.4 Å². The first-order chi connectivity index (χ1) is 15.1. The molecule has 7 heteroatoms. The third-order valence-corrected chi connectivity index (χ3v) is 6.18. The maximum absolute atomic E-state index is 12.6. The van der Waals surface area contributed by atoms with Crippen molar-refractivity contribution in [3.8, 4) is 0 Å². The van der Waals surface area contributed by atoms with Crippen LogP contribution in [0, 0.1) is 0 Å². The third kappa shape index (κ3) is 3.60. The largest absolute Gasteiger partial charge is 0.346 e. The van der Waals surface area contributed by atoms with Gasteiger partial charge in [0, 0.05) is 5.56 Å². The normalized spacial score (nSPS) is 13.0. The second kappa shape index (κ2) is 7.77. The van der Waals surface area contributed by atoms with Gasteiger partial charge in [0.05, 0.1) is 34.4 Å². The minimum Gasteiger partial charge on any atom is -0.346 e. The van der Waals surface area contributed by atoms with E-state index >= 15 is 0 Å². The molecule has 1 aliphatic rings. The van der Waals surface area contributed by atoms with Crippen molar-refractivity contribution in [2.24, 2.45) is 0 Å². The second-order valence-electron chi connectivity index (χ2n) is 7.20. The summed E-state index contributed by atoms with van der Waals surface area (Å²) in [6.07, 6.45) is 0. The highest BCUT2D eigenvalue weighted by Crippen LogP contribution is 2.25. The van der Waals surface area contributed by atoms with Gasteiger partial charge in [-0.1, -0.05) is 36.4 Å². The number of nitrogens with zero attached hydrogens (tertiary/aromatic N) is 2. The Bertz CT molecular complexity index is 1280. The van der Waals surface area contributed by atoms with Crippen molar-refractivity contribution in [3.63, 3.8) is 0 Å². The molecule has 1 aromatic heterocycles. The lowest BCUT2D eigenvalue weighted by atomic mass is 10.1. The van der Waals surface area contributed by atoms with E-state index in [0.717, 1.165) is 15.2 Å². The maximum atomic E-state index is 12.6. The van der Waals surface area contributed by atoms with Crippen LogP contribution in [-0.4, -0.2) is 27.6 Å². The zero-order valence-corrected chi connectivity index (χ0v) is 17.2. The van der Waals surface area contributed by atoms with Crippen molar-refractivity contribution in [1.82, 2.24) is 15.2 Å². The van der Waals surface area contributed by atoms with Gasteiger partial charge in [-0.3, -0.25) is 19.3 Å². The molecule has 0 bridgehead atoms. The van der Waals surface area contributed by atoms with E-state index < -0.39 is 0 Å². The molecule has 0 radical (unpaired) electrons. The molecule has 0 fully saturated rings. The molecule has 0 saturated carbocycles. The van der Waals surface area contributed by atoms with Gasteiger partial charge in [0.1, 0.15) is 5.01 Å². The maximum Gasteiger partial charge on any atom is 0.261 e. The summed E-state index contributed by atoms with van der Waals surface area (Å²) < 4.78 is 1.08. The van der Waals surface area contributed by atoms with E-state index in [4.69, 9.17) is 0 Å². The standard InChI is InChI=1S/C24H17N3O3S/c28-22(25-13-21-26-19-10-3-4-11-20(19)31-21)16-7-5-6-15(12-16)14-27-23(29)17-8-1-2-9-18(17)24(27)30/h1-12H,13-14H2,(H,25,28). The first-order valence-electron chi connectivity index (χ1n) is 9.77. The van der Waals surface area contributed by atoms with Crippen molar-refractivity contribution in [1.29, 1.82) is 0 Å². The number of hydrogen-bond donors (Lipinski definition) is 1. The predicted molar refractivity (Wildman–Crippen MR) is 118 cm³/mol. The van der Waals surface area contributed by atoms with Crippen molar-refractivity contribution >= 4 is 39.3 Å². The molecule has 1 aliphatic heterocycles. The van der Waals surface area contributed by atoms with Gasteiger partial charge in [-0.2, -0.15) is 0 Å². The van der Waals surface area contributed by atoms with Crippen LogP contribution >= 0.6 is 11.3 Å². The summed E-state index contributed by atoms with van der Waals surface area (Å²) in [5.41, 5.74) is 2.92. The molecule has 5 rings (SSSR count). The number of hydrogen-bond acceptors (Lipinski definition) is 5. The van der Waals surface area contributed by atoms with Crippen LogP contribution in [0.5, 0.6) is 0 Å². The molecule has 3 aromatic carbocycles. The van der Waals surface area contributed by atoms with E-state index in [2.05, 4.69) is 10.3 Å². The lowest BCUT2D eigenvalue weighted by molar-refractivity contribution is 0.0642. The van der Waals surface area contributed by atoms with Gasteiger partial charge in [0.25, 0.3) is 17.7 Å². The molecule has 0 atom stereocenters. The summed E-state index contributed by atoms with van der Waals surface area (Å²) in [6, 6.07) is 21.6. The van der Waals surface area contributed by atoms with Gasteiger partial charge >= 0.3 is 0 Å². The molecular weight excluding hydrogens is 410 g/mol. The van der Waals surface area contributed by atoms with Gasteiger partial charge in [-0.05, 0) is 42.0 Å². The molecule has 3 amide bonds. The minimum absolute atomic E-state index is 0.116. The number of nitrogens with one attached hydrogen (secondary N) is 1. The molecule has 2 heterocycles. The molecule has 0 aliphatic carbocycles. The van der Waals surface area contributed by atoms with Gasteiger partial charge in [-0.25, -0.2) is 4.98 Å². The summed E-state index contributed by atoms with van der Waals surface area (Å²) >= 11 is 1.55. The number of imide groups is 1. The molecule has 1 N–H and O–H groups in total. The topological polar surface area (TPSA) is 79.4 Å². The summed E-state index contributed by atoms with van der Waals surface area (Å²) in [7, 11) is 0. The van der Waals surface area contributed by atoms with E-state index in [1.807, 2.05) is 24.3 Å². The number of thiazole rings is 1. The van der Waals surface area contributed by atoms with E-state index in [-0.39, 0.29) is 24.3 Å². The van der Waals surface area contributed by atoms with Crippen molar-refractivity contribution < 1.29 is 14.4 Å². The average Bonchev–Trinajstić information content (AvgIpc) is 3.32. The number of para-hydroxylation sites is 1. The van der Waals surface area contributed by atoms with Gasteiger partial charge < -0.3 is 5.32 Å².